The minimum atomic E-state index is -0.0531. The third kappa shape index (κ3) is 5.11. The van der Waals surface area contributed by atoms with E-state index in [2.05, 4.69) is 33.3 Å². The van der Waals surface area contributed by atoms with Gasteiger partial charge in [0.25, 0.3) is 0 Å². The van der Waals surface area contributed by atoms with Crippen molar-refractivity contribution in [3.05, 3.63) is 60.0 Å². The highest BCUT2D eigenvalue weighted by Crippen LogP contribution is 2.23. The molecule has 1 unspecified atom stereocenters. The molecule has 1 fully saturated rings. The molecule has 0 spiro atoms. The number of nitrogens with zero attached hydrogens (tertiary/aromatic N) is 3. The number of amides is 1. The fourth-order valence-corrected chi connectivity index (χ4v) is 3.97. The van der Waals surface area contributed by atoms with Crippen LogP contribution in [0.15, 0.2) is 53.1 Å². The van der Waals surface area contributed by atoms with Gasteiger partial charge in [-0.3, -0.25) is 9.69 Å². The van der Waals surface area contributed by atoms with E-state index in [9.17, 15) is 4.79 Å². The maximum Gasteiger partial charge on any atom is 0.241 e. The van der Waals surface area contributed by atoms with Crippen LogP contribution in [0.4, 0.5) is 5.69 Å². The number of methoxy groups -OCH3 is 1. The molecule has 7 heteroatoms. The average molecular weight is 421 g/mol. The molecule has 0 radical (unpaired) electrons. The number of anilines is 1. The highest BCUT2D eigenvalue weighted by molar-refractivity contribution is 5.93. The first-order valence-corrected chi connectivity index (χ1v) is 10.7. The molecule has 1 saturated heterocycles. The van der Waals surface area contributed by atoms with Crippen LogP contribution in [0.25, 0.3) is 11.4 Å². The summed E-state index contributed by atoms with van der Waals surface area (Å²) in [6, 6.07) is 15.5. The van der Waals surface area contributed by atoms with E-state index in [1.54, 1.807) is 7.11 Å². The van der Waals surface area contributed by atoms with Gasteiger partial charge in [0.05, 0.1) is 19.6 Å². The van der Waals surface area contributed by atoms with Gasteiger partial charge >= 0.3 is 0 Å². The third-order valence-electron chi connectivity index (χ3n) is 5.71. The molecular weight excluding hydrogens is 392 g/mol. The maximum absolute atomic E-state index is 12.9. The number of benzene rings is 2. The molecular formula is C24H28N4O3. The van der Waals surface area contributed by atoms with E-state index in [4.69, 9.17) is 9.26 Å². The van der Waals surface area contributed by atoms with E-state index >= 15 is 0 Å². The summed E-state index contributed by atoms with van der Waals surface area (Å²) < 4.78 is 10.7. The SMILES string of the molecule is CCc1ccccc1NC(=O)C1CCCN(Cc2nc(-c3ccc(OC)cc3)no2)C1. The van der Waals surface area contributed by atoms with Gasteiger partial charge in [-0.25, -0.2) is 0 Å². The van der Waals surface area contributed by atoms with Crippen LogP contribution in [0.2, 0.25) is 0 Å². The van der Waals surface area contributed by atoms with Gasteiger partial charge < -0.3 is 14.6 Å². The van der Waals surface area contributed by atoms with Gasteiger partial charge in [0.2, 0.25) is 17.6 Å². The molecule has 1 aliphatic rings. The van der Waals surface area contributed by atoms with Crippen molar-refractivity contribution in [1.82, 2.24) is 15.0 Å². The second kappa shape index (κ2) is 9.75. The smallest absolute Gasteiger partial charge is 0.241 e. The number of hydrogen-bond acceptors (Lipinski definition) is 6. The summed E-state index contributed by atoms with van der Waals surface area (Å²) in [6.45, 7) is 4.23. The van der Waals surface area contributed by atoms with E-state index in [1.165, 1.54) is 0 Å². The highest BCUT2D eigenvalue weighted by atomic mass is 16.5. The molecule has 1 N–H and O–H groups in total. The quantitative estimate of drug-likeness (QED) is 0.618. The van der Waals surface area contributed by atoms with Crippen LogP contribution in [0, 0.1) is 5.92 Å². The minimum absolute atomic E-state index is 0.0531. The van der Waals surface area contributed by atoms with E-state index in [1.807, 2.05) is 42.5 Å². The van der Waals surface area contributed by atoms with Gasteiger partial charge in [0, 0.05) is 17.8 Å². The Labute approximate surface area is 182 Å². The Morgan fingerprint density at radius 2 is 2.03 bits per heavy atom. The van der Waals surface area contributed by atoms with Crippen molar-refractivity contribution in [1.29, 1.82) is 0 Å². The molecule has 7 nitrogen and oxygen atoms in total. The van der Waals surface area contributed by atoms with Crippen molar-refractivity contribution in [2.24, 2.45) is 5.92 Å². The number of aryl methyl sites for hydroxylation is 1. The third-order valence-corrected chi connectivity index (χ3v) is 5.71. The molecule has 0 saturated carbocycles. The summed E-state index contributed by atoms with van der Waals surface area (Å²) in [5.41, 5.74) is 2.94. The summed E-state index contributed by atoms with van der Waals surface area (Å²) in [5, 5.41) is 7.23. The average Bonchev–Trinajstić information content (AvgIpc) is 3.28. The molecule has 2 aromatic carbocycles. The summed E-state index contributed by atoms with van der Waals surface area (Å²) in [4.78, 5) is 19.6. The van der Waals surface area contributed by atoms with E-state index in [0.29, 0.717) is 24.8 Å². The Bertz CT molecular complexity index is 1020. The zero-order valence-electron chi connectivity index (χ0n) is 18.0. The van der Waals surface area contributed by atoms with Crippen LogP contribution < -0.4 is 10.1 Å². The number of rotatable bonds is 7. The van der Waals surface area contributed by atoms with Gasteiger partial charge in [-0.15, -0.1) is 0 Å². The van der Waals surface area contributed by atoms with Crippen molar-refractivity contribution in [2.75, 3.05) is 25.5 Å². The largest absolute Gasteiger partial charge is 0.497 e. The summed E-state index contributed by atoms with van der Waals surface area (Å²) >= 11 is 0. The van der Waals surface area contributed by atoms with Gasteiger partial charge in [0.1, 0.15) is 5.75 Å². The van der Waals surface area contributed by atoms with E-state index in [0.717, 1.165) is 48.4 Å². The van der Waals surface area contributed by atoms with Crippen molar-refractivity contribution in [3.63, 3.8) is 0 Å². The summed E-state index contributed by atoms with van der Waals surface area (Å²) in [5.74, 6) is 1.92. The first kappa shape index (κ1) is 21.1. The number of nitrogens with one attached hydrogen (secondary N) is 1. The zero-order chi connectivity index (χ0) is 21.6. The number of piperidine rings is 1. The summed E-state index contributed by atoms with van der Waals surface area (Å²) in [7, 11) is 1.64. The van der Waals surface area contributed by atoms with Crippen molar-refractivity contribution in [2.45, 2.75) is 32.7 Å². The number of carbonyl (C=O) groups excluding carboxylic acids is 1. The lowest BCUT2D eigenvalue weighted by atomic mass is 9.96. The van der Waals surface area contributed by atoms with E-state index in [-0.39, 0.29) is 11.8 Å². The fourth-order valence-electron chi connectivity index (χ4n) is 3.97. The van der Waals surface area contributed by atoms with E-state index < -0.39 is 0 Å². The molecule has 1 amide bonds. The van der Waals surface area contributed by atoms with Crippen LogP contribution >= 0.6 is 0 Å². The Hall–Kier alpha value is -3.19. The van der Waals surface area contributed by atoms with Crippen molar-refractivity contribution < 1.29 is 14.1 Å². The Morgan fingerprint density at radius 3 is 2.81 bits per heavy atom. The number of aromatic nitrogens is 2. The second-order valence-corrected chi connectivity index (χ2v) is 7.81. The molecule has 4 rings (SSSR count). The van der Waals surface area contributed by atoms with Gasteiger partial charge in [-0.1, -0.05) is 30.3 Å². The predicted molar refractivity (Wildman–Crippen MR) is 119 cm³/mol. The molecule has 1 atom stereocenters. The lowest BCUT2D eigenvalue weighted by molar-refractivity contribution is -0.121. The number of ether oxygens (including phenoxy) is 1. The Balaban J connectivity index is 1.36. The minimum Gasteiger partial charge on any atom is -0.497 e. The molecule has 3 aromatic rings. The first-order valence-electron chi connectivity index (χ1n) is 10.7. The standard InChI is InChI=1S/C24H28N4O3/c1-3-17-7-4-5-9-21(17)25-24(29)19-8-6-14-28(15-19)16-22-26-23(27-31-22)18-10-12-20(30-2)13-11-18/h4-5,7,9-13,19H,3,6,8,14-16H2,1-2H3,(H,25,29). The van der Waals surface area contributed by atoms with Crippen molar-refractivity contribution in [3.8, 4) is 17.1 Å². The molecule has 1 aromatic heterocycles. The van der Waals surface area contributed by atoms with Gasteiger partial charge in [0.15, 0.2) is 0 Å². The molecule has 31 heavy (non-hydrogen) atoms. The lowest BCUT2D eigenvalue weighted by Gasteiger charge is -2.31. The van der Waals surface area contributed by atoms with Crippen LogP contribution in [0.3, 0.4) is 0 Å². The lowest BCUT2D eigenvalue weighted by Crippen LogP contribution is -2.40. The van der Waals surface area contributed by atoms with Crippen LogP contribution in [-0.4, -0.2) is 41.1 Å². The van der Waals surface area contributed by atoms with Gasteiger partial charge in [-0.05, 0) is 61.7 Å². The Morgan fingerprint density at radius 1 is 1.23 bits per heavy atom. The van der Waals surface area contributed by atoms with Crippen LogP contribution in [0.5, 0.6) is 5.75 Å². The summed E-state index contributed by atoms with van der Waals surface area (Å²) in [6.07, 6.45) is 2.74. The predicted octanol–water partition coefficient (Wildman–Crippen LogP) is 4.16. The van der Waals surface area contributed by atoms with Crippen LogP contribution in [0.1, 0.15) is 31.2 Å². The molecule has 0 bridgehead atoms. The number of hydrogen-bond donors (Lipinski definition) is 1. The normalized spacial score (nSPS) is 16.8. The first-order chi connectivity index (χ1) is 15.2. The fraction of sp³-hybridized carbons (Fsp3) is 0.375. The maximum atomic E-state index is 12.9. The Kier molecular flexibility index (Phi) is 6.62. The number of likely N-dealkylation sites (tertiary alicyclic amines) is 1. The van der Waals surface area contributed by atoms with Crippen LogP contribution in [-0.2, 0) is 17.8 Å². The van der Waals surface area contributed by atoms with Gasteiger partial charge in [-0.2, -0.15) is 4.98 Å². The molecule has 2 heterocycles. The molecule has 0 aliphatic carbocycles. The monoisotopic (exact) mass is 420 g/mol. The second-order valence-electron chi connectivity index (χ2n) is 7.81. The number of para-hydroxylation sites is 1. The van der Waals surface area contributed by atoms with Crippen molar-refractivity contribution >= 4 is 11.6 Å². The number of carbonyl (C=O) groups is 1. The zero-order valence-corrected chi connectivity index (χ0v) is 18.0. The topological polar surface area (TPSA) is 80.5 Å². The highest BCUT2D eigenvalue weighted by Gasteiger charge is 2.27. The molecule has 1 aliphatic heterocycles. The molecule has 162 valence electrons.